The number of nitrogens with one attached hydrogen (secondary N) is 2. The fraction of sp³-hybridized carbons (Fsp3) is 0.115. The molecule has 0 fully saturated rings. The first-order valence-corrected chi connectivity index (χ1v) is 12.5. The van der Waals surface area contributed by atoms with E-state index in [1.54, 1.807) is 24.3 Å². The SMILES string of the molecule is COc1nccnc1NS(=O)(=O)c1ccc(NC(=O)c2ccccc2OCCc2ccccc2)cc1. The second-order valence-corrected chi connectivity index (χ2v) is 9.26. The quantitative estimate of drug-likeness (QED) is 0.333. The molecule has 36 heavy (non-hydrogen) atoms. The van der Waals surface area contributed by atoms with Gasteiger partial charge in [0.1, 0.15) is 5.75 Å². The summed E-state index contributed by atoms with van der Waals surface area (Å²) in [6.45, 7) is 0.421. The maximum absolute atomic E-state index is 12.9. The van der Waals surface area contributed by atoms with Crippen molar-refractivity contribution in [1.82, 2.24) is 9.97 Å². The molecule has 4 aromatic rings. The average molecular weight is 505 g/mol. The topological polar surface area (TPSA) is 120 Å². The molecule has 0 radical (unpaired) electrons. The number of methoxy groups -OCH3 is 1. The third-order valence-corrected chi connectivity index (χ3v) is 6.49. The van der Waals surface area contributed by atoms with Crippen molar-refractivity contribution in [1.29, 1.82) is 0 Å². The molecular formula is C26H24N4O5S. The minimum atomic E-state index is -3.95. The number of ether oxygens (including phenoxy) is 2. The summed E-state index contributed by atoms with van der Waals surface area (Å²) >= 11 is 0. The Hall–Kier alpha value is -4.44. The van der Waals surface area contributed by atoms with Gasteiger partial charge >= 0.3 is 0 Å². The number of hydrogen-bond acceptors (Lipinski definition) is 7. The number of carbonyl (C=O) groups is 1. The van der Waals surface area contributed by atoms with Crippen LogP contribution in [-0.4, -0.2) is 38.0 Å². The minimum Gasteiger partial charge on any atom is -0.492 e. The summed E-state index contributed by atoms with van der Waals surface area (Å²) < 4.78 is 38.7. The van der Waals surface area contributed by atoms with Gasteiger partial charge in [0, 0.05) is 24.5 Å². The highest BCUT2D eigenvalue weighted by molar-refractivity contribution is 7.92. The van der Waals surface area contributed by atoms with Crippen molar-refractivity contribution in [3.8, 4) is 11.6 Å². The Morgan fingerprint density at radius 1 is 0.889 bits per heavy atom. The molecule has 0 bridgehead atoms. The lowest BCUT2D eigenvalue weighted by Crippen LogP contribution is -2.16. The van der Waals surface area contributed by atoms with E-state index in [-0.39, 0.29) is 22.5 Å². The third kappa shape index (κ3) is 6.16. The van der Waals surface area contributed by atoms with Gasteiger partial charge in [-0.1, -0.05) is 42.5 Å². The van der Waals surface area contributed by atoms with Gasteiger partial charge in [-0.3, -0.25) is 9.52 Å². The summed E-state index contributed by atoms with van der Waals surface area (Å²) in [6.07, 6.45) is 3.45. The maximum Gasteiger partial charge on any atom is 0.263 e. The van der Waals surface area contributed by atoms with Crippen molar-refractivity contribution >= 4 is 27.4 Å². The second kappa shape index (κ2) is 11.3. The number of nitrogens with zero attached hydrogens (tertiary/aromatic N) is 2. The van der Waals surface area contributed by atoms with Crippen molar-refractivity contribution < 1.29 is 22.7 Å². The van der Waals surface area contributed by atoms with Crippen LogP contribution >= 0.6 is 0 Å². The molecule has 1 heterocycles. The van der Waals surface area contributed by atoms with Crippen LogP contribution in [0.5, 0.6) is 11.6 Å². The number of anilines is 2. The minimum absolute atomic E-state index is 0.0159. The summed E-state index contributed by atoms with van der Waals surface area (Å²) in [5.74, 6) is 0.117. The molecule has 0 saturated carbocycles. The molecule has 0 spiro atoms. The van der Waals surface area contributed by atoms with Crippen LogP contribution in [0.2, 0.25) is 0 Å². The van der Waals surface area contributed by atoms with Crippen LogP contribution in [0.25, 0.3) is 0 Å². The number of aromatic nitrogens is 2. The summed E-state index contributed by atoms with van der Waals surface area (Å²) in [5.41, 5.74) is 1.94. The Labute approximate surface area is 209 Å². The van der Waals surface area contributed by atoms with Crippen LogP contribution in [0.3, 0.4) is 0 Å². The van der Waals surface area contributed by atoms with E-state index < -0.39 is 10.0 Å². The first-order chi connectivity index (χ1) is 17.5. The van der Waals surface area contributed by atoms with Crippen LogP contribution in [-0.2, 0) is 16.4 Å². The Bertz CT molecular complexity index is 1430. The van der Waals surface area contributed by atoms with E-state index in [4.69, 9.17) is 9.47 Å². The zero-order chi connectivity index (χ0) is 25.4. The number of amides is 1. The van der Waals surface area contributed by atoms with Gasteiger partial charge in [-0.2, -0.15) is 0 Å². The molecule has 1 aromatic heterocycles. The van der Waals surface area contributed by atoms with Crippen LogP contribution in [0.1, 0.15) is 15.9 Å². The fourth-order valence-electron chi connectivity index (χ4n) is 3.35. The predicted octanol–water partition coefficient (Wildman–Crippen LogP) is 4.16. The Morgan fingerprint density at radius 2 is 1.58 bits per heavy atom. The molecule has 4 rings (SSSR count). The molecule has 2 N–H and O–H groups in total. The Balaban J connectivity index is 1.41. The number of benzene rings is 3. The van der Waals surface area contributed by atoms with Gasteiger partial charge in [-0.25, -0.2) is 18.4 Å². The van der Waals surface area contributed by atoms with Crippen LogP contribution < -0.4 is 19.5 Å². The monoisotopic (exact) mass is 504 g/mol. The van der Waals surface area contributed by atoms with Gasteiger partial charge in [-0.15, -0.1) is 0 Å². The summed E-state index contributed by atoms with van der Waals surface area (Å²) in [4.78, 5) is 20.8. The van der Waals surface area contributed by atoms with Crippen molar-refractivity contribution in [3.05, 3.63) is 102 Å². The number of sulfonamides is 1. The van der Waals surface area contributed by atoms with E-state index in [1.165, 1.54) is 43.8 Å². The largest absolute Gasteiger partial charge is 0.492 e. The van der Waals surface area contributed by atoms with Gasteiger partial charge in [-0.05, 0) is 42.0 Å². The second-order valence-electron chi connectivity index (χ2n) is 7.58. The molecule has 0 atom stereocenters. The first kappa shape index (κ1) is 24.7. The zero-order valence-electron chi connectivity index (χ0n) is 19.4. The lowest BCUT2D eigenvalue weighted by atomic mass is 10.1. The van der Waals surface area contributed by atoms with E-state index in [0.29, 0.717) is 30.0 Å². The zero-order valence-corrected chi connectivity index (χ0v) is 20.2. The van der Waals surface area contributed by atoms with E-state index >= 15 is 0 Å². The van der Waals surface area contributed by atoms with E-state index in [0.717, 1.165) is 5.56 Å². The summed E-state index contributed by atoms with van der Waals surface area (Å²) in [7, 11) is -2.58. The molecule has 0 aliphatic rings. The molecule has 1 amide bonds. The molecule has 9 nitrogen and oxygen atoms in total. The molecule has 0 aliphatic heterocycles. The van der Waals surface area contributed by atoms with Gasteiger partial charge in [0.25, 0.3) is 21.8 Å². The molecule has 0 aliphatic carbocycles. The molecule has 0 saturated heterocycles. The van der Waals surface area contributed by atoms with Crippen molar-refractivity contribution in [2.24, 2.45) is 0 Å². The van der Waals surface area contributed by atoms with E-state index in [1.807, 2.05) is 30.3 Å². The van der Waals surface area contributed by atoms with E-state index in [9.17, 15) is 13.2 Å². The third-order valence-electron chi connectivity index (χ3n) is 5.13. The number of carbonyl (C=O) groups excluding carboxylic acids is 1. The molecule has 0 unspecified atom stereocenters. The Kier molecular flexibility index (Phi) is 7.76. The number of para-hydroxylation sites is 1. The van der Waals surface area contributed by atoms with Crippen LogP contribution in [0.15, 0.2) is 96.2 Å². The fourth-order valence-corrected chi connectivity index (χ4v) is 4.36. The Morgan fingerprint density at radius 3 is 2.33 bits per heavy atom. The van der Waals surface area contributed by atoms with Crippen molar-refractivity contribution in [2.45, 2.75) is 11.3 Å². The van der Waals surface area contributed by atoms with Gasteiger partial charge in [0.15, 0.2) is 0 Å². The maximum atomic E-state index is 12.9. The van der Waals surface area contributed by atoms with Crippen molar-refractivity contribution in [3.63, 3.8) is 0 Å². The average Bonchev–Trinajstić information content (AvgIpc) is 2.90. The summed E-state index contributed by atoms with van der Waals surface area (Å²) in [5, 5.41) is 2.78. The highest BCUT2D eigenvalue weighted by Crippen LogP contribution is 2.24. The summed E-state index contributed by atoms with van der Waals surface area (Å²) in [6, 6.07) is 22.6. The molecular weight excluding hydrogens is 480 g/mol. The molecule has 184 valence electrons. The van der Waals surface area contributed by atoms with E-state index in [2.05, 4.69) is 20.0 Å². The van der Waals surface area contributed by atoms with Gasteiger partial charge in [0.05, 0.1) is 24.2 Å². The smallest absolute Gasteiger partial charge is 0.263 e. The standard InChI is InChI=1S/C26H24N4O5S/c1-34-26-24(27-16-17-28-26)30-36(32,33)21-13-11-20(12-14-21)29-25(31)22-9-5-6-10-23(22)35-18-15-19-7-3-2-4-8-19/h2-14,16-17H,15,18H2,1H3,(H,27,30)(H,29,31). The lowest BCUT2D eigenvalue weighted by molar-refractivity contribution is 0.102. The highest BCUT2D eigenvalue weighted by Gasteiger charge is 2.19. The molecule has 10 heteroatoms. The molecule has 3 aromatic carbocycles. The number of rotatable bonds is 10. The predicted molar refractivity (Wildman–Crippen MR) is 136 cm³/mol. The normalized spacial score (nSPS) is 10.9. The number of hydrogen-bond donors (Lipinski definition) is 2. The van der Waals surface area contributed by atoms with Gasteiger partial charge < -0.3 is 14.8 Å². The van der Waals surface area contributed by atoms with Gasteiger partial charge in [0.2, 0.25) is 5.82 Å². The van der Waals surface area contributed by atoms with Crippen molar-refractivity contribution in [2.75, 3.05) is 23.8 Å². The lowest BCUT2D eigenvalue weighted by Gasteiger charge is -2.13. The highest BCUT2D eigenvalue weighted by atomic mass is 32.2. The van der Waals surface area contributed by atoms with Crippen LogP contribution in [0.4, 0.5) is 11.5 Å². The first-order valence-electron chi connectivity index (χ1n) is 11.0. The van der Waals surface area contributed by atoms with Crippen LogP contribution in [0, 0.1) is 0 Å².